The highest BCUT2D eigenvalue weighted by Crippen LogP contribution is 2.31. The van der Waals surface area contributed by atoms with E-state index in [1.165, 1.54) is 6.08 Å². The zero-order valence-corrected chi connectivity index (χ0v) is 20.1. The van der Waals surface area contributed by atoms with Gasteiger partial charge in [-0.15, -0.1) is 0 Å². The van der Waals surface area contributed by atoms with Gasteiger partial charge in [0.2, 0.25) is 5.91 Å². The summed E-state index contributed by atoms with van der Waals surface area (Å²) in [6, 6.07) is 13.7. The number of aryl methyl sites for hydroxylation is 1. The first-order chi connectivity index (χ1) is 15.0. The van der Waals surface area contributed by atoms with Gasteiger partial charge in [-0.3, -0.25) is 4.79 Å². The smallest absolute Gasteiger partial charge is 0.328 e. The van der Waals surface area contributed by atoms with E-state index in [2.05, 4.69) is 37.9 Å². The molecule has 0 aromatic heterocycles. The lowest BCUT2D eigenvalue weighted by Gasteiger charge is -2.31. The number of carbonyl (C=O) groups excluding carboxylic acids is 1. The summed E-state index contributed by atoms with van der Waals surface area (Å²) in [5.41, 5.74) is 5.18. The third-order valence-corrected chi connectivity index (χ3v) is 5.06. The first-order valence-corrected chi connectivity index (χ1v) is 11.2. The number of hydrogen-bond donors (Lipinski definition) is 2. The van der Waals surface area contributed by atoms with Gasteiger partial charge in [-0.2, -0.15) is 0 Å². The van der Waals surface area contributed by atoms with Crippen molar-refractivity contribution < 1.29 is 14.7 Å². The Kier molecular flexibility index (Phi) is 9.06. The molecular weight excluding hydrogens is 400 g/mol. The Bertz CT molecular complexity index is 949. The van der Waals surface area contributed by atoms with Gasteiger partial charge in [0.25, 0.3) is 0 Å². The Balaban J connectivity index is 2.42. The van der Waals surface area contributed by atoms with Gasteiger partial charge in [0.05, 0.1) is 17.8 Å². The fourth-order valence-electron chi connectivity index (χ4n) is 3.66. The summed E-state index contributed by atoms with van der Waals surface area (Å²) < 4.78 is 0. The minimum atomic E-state index is -0.988. The molecule has 0 saturated heterocycles. The highest BCUT2D eigenvalue weighted by molar-refractivity contribution is 5.97. The molecule has 0 saturated carbocycles. The largest absolute Gasteiger partial charge is 0.478 e. The van der Waals surface area contributed by atoms with E-state index in [1.54, 1.807) is 6.92 Å². The van der Waals surface area contributed by atoms with Crippen molar-refractivity contribution >= 4 is 28.8 Å². The quantitative estimate of drug-likeness (QED) is 0.463. The molecule has 0 aliphatic carbocycles. The van der Waals surface area contributed by atoms with Crippen LogP contribution in [0.15, 0.2) is 48.5 Å². The summed E-state index contributed by atoms with van der Waals surface area (Å²) in [5.74, 6) is -0.171. The van der Waals surface area contributed by atoms with E-state index >= 15 is 0 Å². The molecule has 172 valence electrons. The van der Waals surface area contributed by atoms with Crippen LogP contribution in [0, 0.1) is 18.8 Å². The van der Waals surface area contributed by atoms with Crippen LogP contribution in [-0.4, -0.2) is 30.1 Å². The Morgan fingerprint density at radius 3 is 2.12 bits per heavy atom. The molecule has 0 unspecified atom stereocenters. The SMILES string of the molecule is C/C(=C/C(=O)O)c1ccc(N(CC(C)C)CC(C)C)c(NC(=O)Cc2ccc(C)cc2)c1. The van der Waals surface area contributed by atoms with Crippen LogP contribution in [0.2, 0.25) is 0 Å². The first kappa shape index (κ1) is 25.2. The van der Waals surface area contributed by atoms with Crippen LogP contribution >= 0.6 is 0 Å². The van der Waals surface area contributed by atoms with Crippen LogP contribution in [-0.2, 0) is 16.0 Å². The lowest BCUT2D eigenvalue weighted by Crippen LogP contribution is -2.32. The Morgan fingerprint density at radius 2 is 1.59 bits per heavy atom. The summed E-state index contributed by atoms with van der Waals surface area (Å²) in [7, 11) is 0. The highest BCUT2D eigenvalue weighted by atomic mass is 16.4. The van der Waals surface area contributed by atoms with Gasteiger partial charge in [-0.1, -0.05) is 63.6 Å². The average Bonchev–Trinajstić information content (AvgIpc) is 2.68. The minimum Gasteiger partial charge on any atom is -0.478 e. The van der Waals surface area contributed by atoms with E-state index in [0.717, 1.165) is 35.5 Å². The number of nitrogens with one attached hydrogen (secondary N) is 1. The predicted octanol–water partition coefficient (Wildman–Crippen LogP) is 5.78. The normalized spacial score (nSPS) is 11.7. The average molecular weight is 437 g/mol. The molecule has 0 heterocycles. The molecule has 0 bridgehead atoms. The van der Waals surface area contributed by atoms with E-state index in [9.17, 15) is 9.59 Å². The van der Waals surface area contributed by atoms with Gasteiger partial charge in [-0.25, -0.2) is 4.79 Å². The number of amides is 1. The van der Waals surface area contributed by atoms with Crippen LogP contribution in [0.5, 0.6) is 0 Å². The van der Waals surface area contributed by atoms with Crippen molar-refractivity contribution in [2.45, 2.75) is 48.0 Å². The third-order valence-electron chi connectivity index (χ3n) is 5.06. The van der Waals surface area contributed by atoms with Crippen molar-refractivity contribution in [3.63, 3.8) is 0 Å². The minimum absolute atomic E-state index is 0.0961. The van der Waals surface area contributed by atoms with Crippen LogP contribution < -0.4 is 10.2 Å². The number of hydrogen-bond acceptors (Lipinski definition) is 3. The zero-order valence-electron chi connectivity index (χ0n) is 20.1. The first-order valence-electron chi connectivity index (χ1n) is 11.2. The van der Waals surface area contributed by atoms with Crippen LogP contribution in [0.25, 0.3) is 5.57 Å². The van der Waals surface area contributed by atoms with Crippen molar-refractivity contribution in [3.8, 4) is 0 Å². The second kappa shape index (κ2) is 11.5. The standard InChI is InChI=1S/C27H36N2O3/c1-18(2)16-29(17-19(3)4)25-12-11-23(21(6)13-27(31)32)15-24(25)28-26(30)14-22-9-7-20(5)8-10-22/h7-13,15,18-19H,14,16-17H2,1-6H3,(H,28,30)(H,31,32)/b21-13-. The molecule has 5 heteroatoms. The monoisotopic (exact) mass is 436 g/mol. The van der Waals surface area contributed by atoms with Crippen molar-refractivity contribution in [1.82, 2.24) is 0 Å². The fraction of sp³-hybridized carbons (Fsp3) is 0.407. The molecule has 5 nitrogen and oxygen atoms in total. The summed E-state index contributed by atoms with van der Waals surface area (Å²) >= 11 is 0. The topological polar surface area (TPSA) is 69.6 Å². The van der Waals surface area contributed by atoms with Crippen molar-refractivity contribution in [3.05, 3.63) is 65.2 Å². The van der Waals surface area contributed by atoms with Crippen molar-refractivity contribution in [1.29, 1.82) is 0 Å². The summed E-state index contributed by atoms with van der Waals surface area (Å²) in [5, 5.41) is 12.2. The zero-order chi connectivity index (χ0) is 23.8. The Labute approximate surface area is 192 Å². The van der Waals surface area contributed by atoms with E-state index < -0.39 is 5.97 Å². The lowest BCUT2D eigenvalue weighted by molar-refractivity contribution is -0.131. The van der Waals surface area contributed by atoms with Crippen LogP contribution in [0.3, 0.4) is 0 Å². The molecule has 2 aromatic rings. The number of allylic oxidation sites excluding steroid dienone is 1. The van der Waals surface area contributed by atoms with E-state index in [1.807, 2.05) is 49.4 Å². The second-order valence-electron chi connectivity index (χ2n) is 9.30. The molecular formula is C27H36N2O3. The summed E-state index contributed by atoms with van der Waals surface area (Å²) in [6.07, 6.45) is 1.47. The number of rotatable bonds is 10. The molecule has 1 amide bonds. The molecule has 0 aliphatic rings. The Morgan fingerprint density at radius 1 is 1.00 bits per heavy atom. The second-order valence-corrected chi connectivity index (χ2v) is 9.30. The summed E-state index contributed by atoms with van der Waals surface area (Å²) in [6.45, 7) is 14.2. The number of carbonyl (C=O) groups is 2. The summed E-state index contributed by atoms with van der Waals surface area (Å²) in [4.78, 5) is 26.3. The maximum absolute atomic E-state index is 12.9. The number of anilines is 2. The molecule has 0 fully saturated rings. The van der Waals surface area contributed by atoms with E-state index in [4.69, 9.17) is 5.11 Å². The number of nitrogens with zero attached hydrogens (tertiary/aromatic N) is 1. The molecule has 2 rings (SSSR count). The maximum Gasteiger partial charge on any atom is 0.328 e. The van der Waals surface area contributed by atoms with Crippen molar-refractivity contribution in [2.24, 2.45) is 11.8 Å². The van der Waals surface area contributed by atoms with Crippen LogP contribution in [0.1, 0.15) is 51.3 Å². The number of benzene rings is 2. The molecule has 0 radical (unpaired) electrons. The molecule has 32 heavy (non-hydrogen) atoms. The van der Waals surface area contributed by atoms with Crippen LogP contribution in [0.4, 0.5) is 11.4 Å². The third kappa shape index (κ3) is 7.88. The van der Waals surface area contributed by atoms with Gasteiger partial charge in [0.15, 0.2) is 0 Å². The fourth-order valence-corrected chi connectivity index (χ4v) is 3.66. The molecule has 2 N–H and O–H groups in total. The Hall–Kier alpha value is -3.08. The van der Waals surface area contributed by atoms with Gasteiger partial charge in [0.1, 0.15) is 0 Å². The predicted molar refractivity (Wildman–Crippen MR) is 133 cm³/mol. The molecule has 0 atom stereocenters. The van der Waals surface area contributed by atoms with Crippen molar-refractivity contribution in [2.75, 3.05) is 23.3 Å². The molecule has 2 aromatic carbocycles. The van der Waals surface area contributed by atoms with Gasteiger partial charge in [0, 0.05) is 19.2 Å². The van der Waals surface area contributed by atoms with Gasteiger partial charge >= 0.3 is 5.97 Å². The number of carboxylic acids is 1. The van der Waals surface area contributed by atoms with E-state index in [-0.39, 0.29) is 12.3 Å². The van der Waals surface area contributed by atoms with Gasteiger partial charge < -0.3 is 15.3 Å². The maximum atomic E-state index is 12.9. The highest BCUT2D eigenvalue weighted by Gasteiger charge is 2.17. The van der Waals surface area contributed by atoms with E-state index in [0.29, 0.717) is 23.1 Å². The lowest BCUT2D eigenvalue weighted by atomic mass is 10.0. The molecule has 0 aliphatic heterocycles. The van der Waals surface area contributed by atoms with Gasteiger partial charge in [-0.05, 0) is 54.5 Å². The molecule has 0 spiro atoms. The number of carboxylic acid groups (broad SMARTS) is 1. The number of aliphatic carboxylic acids is 1.